The lowest BCUT2D eigenvalue weighted by Crippen LogP contribution is -2.35. The fraction of sp³-hybridized carbons (Fsp3) is 0.417. The molecule has 0 aromatic heterocycles. The fourth-order valence-electron chi connectivity index (χ4n) is 1.14. The highest BCUT2D eigenvalue weighted by Crippen LogP contribution is 2.19. The Morgan fingerprint density at radius 3 is 2.53 bits per heavy atom. The molecular formula is C12H15BrO2. The minimum Gasteiger partial charge on any atom is -0.371 e. The number of carbonyl (C=O) groups is 1. The summed E-state index contributed by atoms with van der Waals surface area (Å²) in [4.78, 5) is 11.9. The fourth-order valence-corrected chi connectivity index (χ4v) is 1.57. The van der Waals surface area contributed by atoms with Gasteiger partial charge < -0.3 is 4.74 Å². The van der Waals surface area contributed by atoms with Crippen LogP contribution in [-0.2, 0) is 16.0 Å². The van der Waals surface area contributed by atoms with E-state index in [9.17, 15) is 4.79 Å². The van der Waals surface area contributed by atoms with E-state index in [4.69, 9.17) is 4.74 Å². The molecule has 1 aromatic rings. The quantitative estimate of drug-likeness (QED) is 0.841. The van der Waals surface area contributed by atoms with E-state index in [0.29, 0.717) is 6.42 Å². The van der Waals surface area contributed by atoms with Crippen molar-refractivity contribution in [3.8, 4) is 0 Å². The third kappa shape index (κ3) is 3.14. The molecule has 0 aliphatic rings. The molecule has 15 heavy (non-hydrogen) atoms. The van der Waals surface area contributed by atoms with Crippen LogP contribution in [0, 0.1) is 0 Å². The van der Waals surface area contributed by atoms with E-state index >= 15 is 0 Å². The molecule has 1 aromatic carbocycles. The Kier molecular flexibility index (Phi) is 4.05. The van der Waals surface area contributed by atoms with Crippen LogP contribution in [0.25, 0.3) is 0 Å². The summed E-state index contributed by atoms with van der Waals surface area (Å²) >= 11 is 3.42. The number of carbonyl (C=O) groups excluding carboxylic acids is 1. The first-order valence-corrected chi connectivity index (χ1v) is 5.58. The predicted molar refractivity (Wildman–Crippen MR) is 63.9 cm³/mol. The number of hydrogen-bond donors (Lipinski definition) is 0. The van der Waals surface area contributed by atoms with Crippen molar-refractivity contribution >= 4 is 21.7 Å². The lowest BCUT2D eigenvalue weighted by Gasteiger charge is -2.21. The van der Waals surface area contributed by atoms with Crippen molar-refractivity contribution in [2.24, 2.45) is 0 Å². The van der Waals surface area contributed by atoms with E-state index in [2.05, 4.69) is 15.9 Å². The molecule has 0 N–H and O–H groups in total. The second-order valence-corrected chi connectivity index (χ2v) is 4.76. The monoisotopic (exact) mass is 270 g/mol. The molecule has 0 saturated heterocycles. The Labute approximate surface area is 98.8 Å². The van der Waals surface area contributed by atoms with Crippen molar-refractivity contribution in [1.82, 2.24) is 0 Å². The van der Waals surface area contributed by atoms with E-state index in [0.717, 1.165) is 10.0 Å². The summed E-state index contributed by atoms with van der Waals surface area (Å²) < 4.78 is 6.11. The maximum absolute atomic E-state index is 11.9. The molecule has 0 amide bonds. The smallest absolute Gasteiger partial charge is 0.168 e. The molecule has 0 aliphatic carbocycles. The number of benzene rings is 1. The SMILES string of the molecule is COC(C)(C)C(=O)Cc1ccccc1Br. The molecule has 0 aliphatic heterocycles. The molecule has 0 atom stereocenters. The van der Waals surface area contributed by atoms with Gasteiger partial charge in [0, 0.05) is 18.0 Å². The van der Waals surface area contributed by atoms with E-state index in [1.807, 2.05) is 24.3 Å². The topological polar surface area (TPSA) is 26.3 Å². The van der Waals surface area contributed by atoms with Crippen LogP contribution in [0.4, 0.5) is 0 Å². The summed E-state index contributed by atoms with van der Waals surface area (Å²) in [6.07, 6.45) is 0.391. The summed E-state index contributed by atoms with van der Waals surface area (Å²) in [5.41, 5.74) is 0.280. The van der Waals surface area contributed by atoms with Crippen molar-refractivity contribution in [2.75, 3.05) is 7.11 Å². The first-order chi connectivity index (χ1) is 6.97. The van der Waals surface area contributed by atoms with Gasteiger partial charge in [-0.2, -0.15) is 0 Å². The number of ketones is 1. The lowest BCUT2D eigenvalue weighted by atomic mass is 9.97. The highest BCUT2D eigenvalue weighted by Gasteiger charge is 2.26. The van der Waals surface area contributed by atoms with Gasteiger partial charge in [0.05, 0.1) is 0 Å². The van der Waals surface area contributed by atoms with E-state index in [1.54, 1.807) is 21.0 Å². The number of Topliss-reactive ketones (excluding diaryl/α,β-unsaturated/α-hetero) is 1. The van der Waals surface area contributed by atoms with Crippen molar-refractivity contribution in [3.63, 3.8) is 0 Å². The normalized spacial score (nSPS) is 11.5. The van der Waals surface area contributed by atoms with Gasteiger partial charge in [-0.05, 0) is 25.5 Å². The summed E-state index contributed by atoms with van der Waals surface area (Å²) in [6, 6.07) is 7.73. The number of hydrogen-bond acceptors (Lipinski definition) is 2. The highest BCUT2D eigenvalue weighted by atomic mass is 79.9. The Morgan fingerprint density at radius 2 is 2.00 bits per heavy atom. The van der Waals surface area contributed by atoms with Crippen molar-refractivity contribution in [3.05, 3.63) is 34.3 Å². The van der Waals surface area contributed by atoms with E-state index < -0.39 is 5.60 Å². The summed E-state index contributed by atoms with van der Waals surface area (Å²) in [7, 11) is 1.55. The number of methoxy groups -OCH3 is 1. The molecule has 0 bridgehead atoms. The minimum atomic E-state index is -0.713. The van der Waals surface area contributed by atoms with Gasteiger partial charge in [0.2, 0.25) is 0 Å². The van der Waals surface area contributed by atoms with Crippen LogP contribution in [-0.4, -0.2) is 18.5 Å². The maximum atomic E-state index is 11.9. The first kappa shape index (κ1) is 12.4. The van der Waals surface area contributed by atoms with Gasteiger partial charge in [-0.1, -0.05) is 34.1 Å². The number of ether oxygens (including phenoxy) is 1. The summed E-state index contributed by atoms with van der Waals surface area (Å²) in [6.45, 7) is 3.57. The molecule has 0 radical (unpaired) electrons. The average molecular weight is 271 g/mol. The van der Waals surface area contributed by atoms with Gasteiger partial charge in [-0.15, -0.1) is 0 Å². The van der Waals surface area contributed by atoms with Crippen LogP contribution < -0.4 is 0 Å². The molecule has 82 valence electrons. The molecular weight excluding hydrogens is 256 g/mol. The highest BCUT2D eigenvalue weighted by molar-refractivity contribution is 9.10. The van der Waals surface area contributed by atoms with Crippen LogP contribution in [0.3, 0.4) is 0 Å². The van der Waals surface area contributed by atoms with Crippen LogP contribution in [0.1, 0.15) is 19.4 Å². The average Bonchev–Trinajstić information content (AvgIpc) is 2.21. The molecule has 0 fully saturated rings. The van der Waals surface area contributed by atoms with Crippen molar-refractivity contribution < 1.29 is 9.53 Å². The largest absolute Gasteiger partial charge is 0.371 e. The summed E-state index contributed by atoms with van der Waals surface area (Å²) in [5.74, 6) is 0.0805. The Hall–Kier alpha value is -0.670. The second kappa shape index (κ2) is 4.90. The standard InChI is InChI=1S/C12H15BrO2/c1-12(2,15-3)11(14)8-9-6-4-5-7-10(9)13/h4-7H,8H2,1-3H3. The molecule has 1 rings (SSSR count). The van der Waals surface area contributed by atoms with Crippen molar-refractivity contribution in [2.45, 2.75) is 25.9 Å². The van der Waals surface area contributed by atoms with Gasteiger partial charge in [0.1, 0.15) is 5.60 Å². The Bertz CT molecular complexity index is 358. The zero-order valence-corrected chi connectivity index (χ0v) is 10.8. The Morgan fingerprint density at radius 1 is 1.40 bits per heavy atom. The van der Waals surface area contributed by atoms with Crippen LogP contribution >= 0.6 is 15.9 Å². The Balaban J connectivity index is 2.80. The zero-order valence-electron chi connectivity index (χ0n) is 9.21. The second-order valence-electron chi connectivity index (χ2n) is 3.91. The number of halogens is 1. The molecule has 0 heterocycles. The van der Waals surface area contributed by atoms with Gasteiger partial charge in [-0.3, -0.25) is 4.79 Å². The van der Waals surface area contributed by atoms with Gasteiger partial charge in [0.25, 0.3) is 0 Å². The van der Waals surface area contributed by atoms with Crippen LogP contribution in [0.2, 0.25) is 0 Å². The first-order valence-electron chi connectivity index (χ1n) is 4.79. The maximum Gasteiger partial charge on any atom is 0.168 e. The third-order valence-corrected chi connectivity index (χ3v) is 3.26. The van der Waals surface area contributed by atoms with E-state index in [1.165, 1.54) is 0 Å². The molecule has 0 spiro atoms. The van der Waals surface area contributed by atoms with Gasteiger partial charge in [0.15, 0.2) is 5.78 Å². The van der Waals surface area contributed by atoms with Gasteiger partial charge >= 0.3 is 0 Å². The van der Waals surface area contributed by atoms with Crippen molar-refractivity contribution in [1.29, 1.82) is 0 Å². The predicted octanol–water partition coefficient (Wildman–Crippen LogP) is 2.99. The molecule has 0 unspecified atom stereocenters. The number of rotatable bonds is 4. The zero-order chi connectivity index (χ0) is 11.5. The molecule has 3 heteroatoms. The van der Waals surface area contributed by atoms with E-state index in [-0.39, 0.29) is 5.78 Å². The lowest BCUT2D eigenvalue weighted by molar-refractivity contribution is -0.136. The minimum absolute atomic E-state index is 0.0805. The van der Waals surface area contributed by atoms with Crippen LogP contribution in [0.15, 0.2) is 28.7 Å². The summed E-state index contributed by atoms with van der Waals surface area (Å²) in [5, 5.41) is 0. The molecule has 0 saturated carbocycles. The third-order valence-electron chi connectivity index (χ3n) is 2.49. The van der Waals surface area contributed by atoms with Gasteiger partial charge in [-0.25, -0.2) is 0 Å². The molecule has 2 nitrogen and oxygen atoms in total. The van der Waals surface area contributed by atoms with Crippen LogP contribution in [0.5, 0.6) is 0 Å².